The summed E-state index contributed by atoms with van der Waals surface area (Å²) in [6.07, 6.45) is 1.34. The van der Waals surface area contributed by atoms with Crippen molar-refractivity contribution in [3.8, 4) is 0 Å². The standard InChI is InChI=1S/C20H27FN4OS/c1-2-22-20(23-14-18(26)15-5-7-16(21)8-6-15)24-17-9-11-25(12-10-17)19-4-3-13-27-19/h3-8,13,17-18,26H,2,9-12,14H2,1H3,(H2,22,23,24). The van der Waals surface area contributed by atoms with Gasteiger partial charge in [-0.25, -0.2) is 4.39 Å². The van der Waals surface area contributed by atoms with E-state index >= 15 is 0 Å². The Morgan fingerprint density at radius 2 is 2.04 bits per heavy atom. The van der Waals surface area contributed by atoms with Crippen LogP contribution in [0.4, 0.5) is 9.39 Å². The van der Waals surface area contributed by atoms with Gasteiger partial charge in [0.2, 0.25) is 0 Å². The highest BCUT2D eigenvalue weighted by atomic mass is 32.1. The van der Waals surface area contributed by atoms with Gasteiger partial charge in [0.05, 0.1) is 17.6 Å². The summed E-state index contributed by atoms with van der Waals surface area (Å²) in [6.45, 7) is 5.06. The molecule has 1 fully saturated rings. The predicted octanol–water partition coefficient (Wildman–Crippen LogP) is 3.14. The Balaban J connectivity index is 1.52. The molecule has 7 heteroatoms. The van der Waals surface area contributed by atoms with Crippen LogP contribution in [0.5, 0.6) is 0 Å². The molecule has 0 amide bonds. The third-order valence-corrected chi connectivity index (χ3v) is 5.60. The van der Waals surface area contributed by atoms with E-state index in [1.165, 1.54) is 17.1 Å². The van der Waals surface area contributed by atoms with Crippen LogP contribution in [0.3, 0.4) is 0 Å². The number of anilines is 1. The zero-order valence-corrected chi connectivity index (χ0v) is 16.4. The van der Waals surface area contributed by atoms with Gasteiger partial charge in [-0.1, -0.05) is 12.1 Å². The molecule has 0 aliphatic carbocycles. The molecular weight excluding hydrogens is 363 g/mol. The molecule has 2 heterocycles. The van der Waals surface area contributed by atoms with E-state index in [2.05, 4.69) is 38.0 Å². The number of aliphatic hydroxyl groups excluding tert-OH is 1. The fraction of sp³-hybridized carbons (Fsp3) is 0.450. The van der Waals surface area contributed by atoms with Gasteiger partial charge in [0, 0.05) is 25.7 Å². The number of rotatable bonds is 6. The average Bonchev–Trinajstić information content (AvgIpc) is 3.22. The van der Waals surface area contributed by atoms with Crippen molar-refractivity contribution in [3.63, 3.8) is 0 Å². The summed E-state index contributed by atoms with van der Waals surface area (Å²) < 4.78 is 13.0. The second-order valence-electron chi connectivity index (χ2n) is 6.64. The van der Waals surface area contributed by atoms with Crippen LogP contribution in [-0.2, 0) is 0 Å². The third kappa shape index (κ3) is 5.68. The largest absolute Gasteiger partial charge is 0.386 e. The number of halogens is 1. The molecule has 2 aromatic rings. The summed E-state index contributed by atoms with van der Waals surface area (Å²) in [4.78, 5) is 6.94. The Labute approximate surface area is 163 Å². The quantitative estimate of drug-likeness (QED) is 0.524. The molecule has 1 aromatic heterocycles. The van der Waals surface area contributed by atoms with Gasteiger partial charge in [-0.2, -0.15) is 0 Å². The number of aliphatic imine (C=N–C) groups is 1. The zero-order chi connectivity index (χ0) is 19.1. The molecule has 1 aromatic carbocycles. The van der Waals surface area contributed by atoms with Gasteiger partial charge in [-0.05, 0) is 55.0 Å². The van der Waals surface area contributed by atoms with E-state index in [1.807, 2.05) is 6.92 Å². The molecule has 3 N–H and O–H groups in total. The lowest BCUT2D eigenvalue weighted by atomic mass is 10.1. The van der Waals surface area contributed by atoms with Crippen LogP contribution in [0.2, 0.25) is 0 Å². The molecule has 0 spiro atoms. The topological polar surface area (TPSA) is 59.9 Å². The smallest absolute Gasteiger partial charge is 0.191 e. The number of benzene rings is 1. The van der Waals surface area contributed by atoms with Crippen molar-refractivity contribution in [2.75, 3.05) is 31.1 Å². The van der Waals surface area contributed by atoms with Gasteiger partial charge in [-0.3, -0.25) is 4.99 Å². The highest BCUT2D eigenvalue weighted by Gasteiger charge is 2.20. The number of nitrogens with zero attached hydrogens (tertiary/aromatic N) is 2. The lowest BCUT2D eigenvalue weighted by molar-refractivity contribution is 0.187. The summed E-state index contributed by atoms with van der Waals surface area (Å²) >= 11 is 1.78. The van der Waals surface area contributed by atoms with Gasteiger partial charge in [-0.15, -0.1) is 11.3 Å². The molecule has 0 saturated carbocycles. The third-order valence-electron chi connectivity index (χ3n) is 4.67. The van der Waals surface area contributed by atoms with Crippen molar-refractivity contribution >= 4 is 22.3 Å². The second kappa shape index (κ2) is 9.71. The van der Waals surface area contributed by atoms with Crippen LogP contribution in [0.25, 0.3) is 0 Å². The van der Waals surface area contributed by atoms with Crippen LogP contribution >= 0.6 is 11.3 Å². The Hall–Kier alpha value is -2.12. The predicted molar refractivity (Wildman–Crippen MR) is 110 cm³/mol. The monoisotopic (exact) mass is 390 g/mol. The zero-order valence-electron chi connectivity index (χ0n) is 15.6. The summed E-state index contributed by atoms with van der Waals surface area (Å²) in [5, 5.41) is 20.5. The summed E-state index contributed by atoms with van der Waals surface area (Å²) in [5.74, 6) is 0.409. The highest BCUT2D eigenvalue weighted by molar-refractivity contribution is 7.14. The number of aliphatic hydroxyl groups is 1. The van der Waals surface area contributed by atoms with Crippen LogP contribution in [-0.4, -0.2) is 43.3 Å². The molecule has 1 atom stereocenters. The Kier molecular flexibility index (Phi) is 7.06. The first-order valence-corrected chi connectivity index (χ1v) is 10.3. The molecule has 27 heavy (non-hydrogen) atoms. The second-order valence-corrected chi connectivity index (χ2v) is 7.57. The van der Waals surface area contributed by atoms with Gasteiger partial charge in [0.25, 0.3) is 0 Å². The summed E-state index contributed by atoms with van der Waals surface area (Å²) in [7, 11) is 0. The summed E-state index contributed by atoms with van der Waals surface area (Å²) in [5.41, 5.74) is 0.667. The maximum Gasteiger partial charge on any atom is 0.191 e. The first kappa shape index (κ1) is 19.6. The molecule has 1 saturated heterocycles. The normalized spacial score (nSPS) is 17.0. The van der Waals surface area contributed by atoms with Gasteiger partial charge in [0.1, 0.15) is 5.82 Å². The Morgan fingerprint density at radius 1 is 1.30 bits per heavy atom. The van der Waals surface area contributed by atoms with Crippen molar-refractivity contribution in [1.82, 2.24) is 10.6 Å². The van der Waals surface area contributed by atoms with Gasteiger partial charge >= 0.3 is 0 Å². The minimum Gasteiger partial charge on any atom is -0.386 e. The fourth-order valence-electron chi connectivity index (χ4n) is 3.18. The van der Waals surface area contributed by atoms with E-state index in [0.717, 1.165) is 32.5 Å². The molecular formula is C20H27FN4OS. The lowest BCUT2D eigenvalue weighted by Gasteiger charge is -2.33. The number of piperidine rings is 1. The number of hydrogen-bond acceptors (Lipinski definition) is 4. The SMILES string of the molecule is CCNC(=NCC(O)c1ccc(F)cc1)NC1CCN(c2cccs2)CC1. The maximum absolute atomic E-state index is 13.0. The van der Waals surface area contributed by atoms with Gasteiger partial charge < -0.3 is 20.6 Å². The first-order chi connectivity index (χ1) is 13.2. The van der Waals surface area contributed by atoms with Crippen LogP contribution in [0, 0.1) is 5.82 Å². The minimum absolute atomic E-state index is 0.231. The first-order valence-electron chi connectivity index (χ1n) is 9.42. The average molecular weight is 391 g/mol. The van der Waals surface area contributed by atoms with Crippen LogP contribution in [0.15, 0.2) is 46.8 Å². The lowest BCUT2D eigenvalue weighted by Crippen LogP contribution is -2.48. The van der Waals surface area contributed by atoms with Crippen molar-refractivity contribution < 1.29 is 9.50 Å². The number of thiophene rings is 1. The maximum atomic E-state index is 13.0. The summed E-state index contributed by atoms with van der Waals surface area (Å²) in [6, 6.07) is 10.5. The number of hydrogen-bond donors (Lipinski definition) is 3. The van der Waals surface area contributed by atoms with Crippen molar-refractivity contribution in [3.05, 3.63) is 53.2 Å². The van der Waals surface area contributed by atoms with E-state index < -0.39 is 6.10 Å². The van der Waals surface area contributed by atoms with Crippen molar-refractivity contribution in [2.24, 2.45) is 4.99 Å². The molecule has 0 radical (unpaired) electrons. The molecule has 146 valence electrons. The minimum atomic E-state index is -0.748. The van der Waals surface area contributed by atoms with E-state index in [1.54, 1.807) is 23.5 Å². The molecule has 1 aliphatic rings. The fourth-order valence-corrected chi connectivity index (χ4v) is 3.96. The van der Waals surface area contributed by atoms with E-state index in [9.17, 15) is 9.50 Å². The number of guanidine groups is 1. The van der Waals surface area contributed by atoms with Crippen molar-refractivity contribution in [1.29, 1.82) is 0 Å². The van der Waals surface area contributed by atoms with Crippen LogP contribution in [0.1, 0.15) is 31.4 Å². The van der Waals surface area contributed by atoms with E-state index in [4.69, 9.17) is 0 Å². The molecule has 5 nitrogen and oxygen atoms in total. The number of nitrogens with one attached hydrogen (secondary N) is 2. The Morgan fingerprint density at radius 3 is 2.67 bits per heavy atom. The molecule has 1 aliphatic heterocycles. The molecule has 3 rings (SSSR count). The molecule has 0 bridgehead atoms. The van der Waals surface area contributed by atoms with Crippen molar-refractivity contribution in [2.45, 2.75) is 31.9 Å². The van der Waals surface area contributed by atoms with E-state index in [0.29, 0.717) is 17.6 Å². The molecule has 1 unspecified atom stereocenters. The van der Waals surface area contributed by atoms with E-state index in [-0.39, 0.29) is 12.4 Å². The highest BCUT2D eigenvalue weighted by Crippen LogP contribution is 2.24. The Bertz CT molecular complexity index is 712. The van der Waals surface area contributed by atoms with Gasteiger partial charge in [0.15, 0.2) is 5.96 Å². The van der Waals surface area contributed by atoms with Crippen LogP contribution < -0.4 is 15.5 Å².